The quantitative estimate of drug-likeness (QED) is 0.284. The number of likely N-dealkylation sites (tertiary alicyclic amines) is 2. The predicted molar refractivity (Wildman–Crippen MR) is 123 cm³/mol. The maximum Gasteiger partial charge on any atom is 0.326 e. The Morgan fingerprint density at radius 1 is 1.06 bits per heavy atom. The zero-order valence-corrected chi connectivity index (χ0v) is 19.6. The molecule has 2 aliphatic rings. The first-order valence-electron chi connectivity index (χ1n) is 11.4. The zero-order chi connectivity index (χ0) is 23.7. The molecule has 3 amide bonds. The highest BCUT2D eigenvalue weighted by Crippen LogP contribution is 2.26. The van der Waals surface area contributed by atoms with Gasteiger partial charge in [0.25, 0.3) is 0 Å². The fraction of sp³-hybridized carbons (Fsp3) is 0.810. The molecule has 0 bridgehead atoms. The molecule has 10 nitrogen and oxygen atoms in total. The second-order valence-electron chi connectivity index (χ2n) is 8.45. The molecule has 0 radical (unpaired) electrons. The third-order valence-electron chi connectivity index (χ3n) is 6.17. The van der Waals surface area contributed by atoms with Crippen LogP contribution in [0.4, 0.5) is 0 Å². The number of amides is 3. The van der Waals surface area contributed by atoms with E-state index >= 15 is 0 Å². The van der Waals surface area contributed by atoms with Crippen LogP contribution in [0.1, 0.15) is 51.4 Å². The lowest BCUT2D eigenvalue weighted by atomic mass is 10.1. The van der Waals surface area contributed by atoms with Gasteiger partial charge in [-0.1, -0.05) is 0 Å². The third-order valence-corrected chi connectivity index (χ3v) is 6.82. The van der Waals surface area contributed by atoms with Gasteiger partial charge >= 0.3 is 5.97 Å². The van der Waals surface area contributed by atoms with Gasteiger partial charge < -0.3 is 31.7 Å². The van der Waals surface area contributed by atoms with Crippen LogP contribution in [0.2, 0.25) is 0 Å². The number of hydrogen-bond donors (Lipinski definition) is 4. The van der Waals surface area contributed by atoms with Crippen molar-refractivity contribution in [3.63, 3.8) is 0 Å². The van der Waals surface area contributed by atoms with Crippen molar-refractivity contribution in [3.05, 3.63) is 0 Å². The number of aliphatic carboxylic acids is 1. The van der Waals surface area contributed by atoms with Crippen molar-refractivity contribution in [3.8, 4) is 0 Å². The summed E-state index contributed by atoms with van der Waals surface area (Å²) in [5.41, 5.74) is 11.6. The molecule has 0 aliphatic carbocycles. The Morgan fingerprint density at radius 2 is 1.72 bits per heavy atom. The van der Waals surface area contributed by atoms with E-state index in [0.29, 0.717) is 71.0 Å². The monoisotopic (exact) mass is 471 g/mol. The molecule has 0 saturated carbocycles. The summed E-state index contributed by atoms with van der Waals surface area (Å²) in [7, 11) is 0. The van der Waals surface area contributed by atoms with Crippen LogP contribution < -0.4 is 16.8 Å². The lowest BCUT2D eigenvalue weighted by Gasteiger charge is -2.32. The Bertz CT molecular complexity index is 679. The minimum absolute atomic E-state index is 0.311. The highest BCUT2D eigenvalue weighted by Gasteiger charge is 2.43. The smallest absolute Gasteiger partial charge is 0.326 e. The largest absolute Gasteiger partial charge is 0.480 e. The van der Waals surface area contributed by atoms with Crippen molar-refractivity contribution >= 4 is 35.5 Å². The normalized spacial score (nSPS) is 22.6. The van der Waals surface area contributed by atoms with Crippen LogP contribution in [-0.4, -0.2) is 94.4 Å². The predicted octanol–water partition coefficient (Wildman–Crippen LogP) is -0.253. The van der Waals surface area contributed by atoms with Crippen LogP contribution in [0.3, 0.4) is 0 Å². The molecule has 11 heteroatoms. The highest BCUT2D eigenvalue weighted by atomic mass is 32.2. The Morgan fingerprint density at radius 3 is 2.34 bits per heavy atom. The van der Waals surface area contributed by atoms with Crippen LogP contribution in [0, 0.1) is 0 Å². The Kier molecular flexibility index (Phi) is 10.7. The van der Waals surface area contributed by atoms with Gasteiger partial charge in [0.2, 0.25) is 17.7 Å². The van der Waals surface area contributed by atoms with Gasteiger partial charge in [-0.05, 0) is 69.9 Å². The molecule has 182 valence electrons. The fourth-order valence-corrected chi connectivity index (χ4v) is 4.86. The highest BCUT2D eigenvalue weighted by molar-refractivity contribution is 7.98. The van der Waals surface area contributed by atoms with Crippen LogP contribution in [0.25, 0.3) is 0 Å². The number of carboxylic acids is 1. The molecule has 0 aromatic rings. The van der Waals surface area contributed by atoms with Gasteiger partial charge in [-0.3, -0.25) is 14.4 Å². The van der Waals surface area contributed by atoms with E-state index in [0.717, 1.165) is 5.75 Å². The van der Waals surface area contributed by atoms with Gasteiger partial charge in [-0.25, -0.2) is 4.79 Å². The number of unbranched alkanes of at least 4 members (excludes halogenated alkanes) is 1. The number of carbonyl (C=O) groups is 4. The second-order valence-corrected chi connectivity index (χ2v) is 9.44. The summed E-state index contributed by atoms with van der Waals surface area (Å²) in [5, 5.41) is 12.2. The summed E-state index contributed by atoms with van der Waals surface area (Å²) in [6.45, 7) is 1.27. The van der Waals surface area contributed by atoms with E-state index in [9.17, 15) is 24.3 Å². The molecular weight excluding hydrogens is 434 g/mol. The molecule has 2 heterocycles. The Hall–Kier alpha value is -1.85. The maximum absolute atomic E-state index is 13.4. The SMILES string of the molecule is CSCCC(N)C(=O)NC(CCCCN)C(=O)N1CCCC1C(=O)N1CCCC1C(=O)O. The van der Waals surface area contributed by atoms with Gasteiger partial charge in [-0.15, -0.1) is 0 Å². The van der Waals surface area contributed by atoms with E-state index in [1.54, 1.807) is 11.8 Å². The van der Waals surface area contributed by atoms with Crippen molar-refractivity contribution in [2.45, 2.75) is 75.5 Å². The third kappa shape index (κ3) is 6.82. The minimum Gasteiger partial charge on any atom is -0.480 e. The summed E-state index contributed by atoms with van der Waals surface area (Å²) in [6, 6.07) is -3.02. The van der Waals surface area contributed by atoms with E-state index < -0.39 is 30.1 Å². The van der Waals surface area contributed by atoms with E-state index in [1.807, 2.05) is 6.26 Å². The summed E-state index contributed by atoms with van der Waals surface area (Å²) in [5.74, 6) is -1.28. The number of nitrogens with two attached hydrogens (primary N) is 2. The molecule has 4 unspecified atom stereocenters. The summed E-state index contributed by atoms with van der Waals surface area (Å²) in [6.07, 6.45) is 6.44. The van der Waals surface area contributed by atoms with Crippen LogP contribution in [0.15, 0.2) is 0 Å². The van der Waals surface area contributed by atoms with Crippen molar-refractivity contribution in [1.29, 1.82) is 0 Å². The first-order valence-corrected chi connectivity index (χ1v) is 12.8. The summed E-state index contributed by atoms with van der Waals surface area (Å²) >= 11 is 1.59. The van der Waals surface area contributed by atoms with Gasteiger partial charge in [0, 0.05) is 13.1 Å². The van der Waals surface area contributed by atoms with Crippen LogP contribution >= 0.6 is 11.8 Å². The number of nitrogens with zero attached hydrogens (tertiary/aromatic N) is 2. The maximum atomic E-state index is 13.4. The number of hydrogen-bond acceptors (Lipinski definition) is 7. The minimum atomic E-state index is -1.02. The van der Waals surface area contributed by atoms with Gasteiger partial charge in [0.15, 0.2) is 0 Å². The number of carbonyl (C=O) groups excluding carboxylic acids is 3. The average Bonchev–Trinajstić information content (AvgIpc) is 3.45. The molecule has 4 atom stereocenters. The molecule has 0 aromatic heterocycles. The summed E-state index contributed by atoms with van der Waals surface area (Å²) < 4.78 is 0. The molecular formula is C21H37N5O5S. The molecule has 0 spiro atoms. The molecule has 0 aromatic carbocycles. The number of thioether (sulfide) groups is 1. The first kappa shape index (κ1) is 26.4. The van der Waals surface area contributed by atoms with Gasteiger partial charge in [-0.2, -0.15) is 11.8 Å². The first-order chi connectivity index (χ1) is 15.3. The van der Waals surface area contributed by atoms with Crippen LogP contribution in [0.5, 0.6) is 0 Å². The molecule has 6 N–H and O–H groups in total. The van der Waals surface area contributed by atoms with E-state index in [2.05, 4.69) is 5.32 Å². The molecule has 2 fully saturated rings. The Labute approximate surface area is 193 Å². The van der Waals surface area contributed by atoms with E-state index in [-0.39, 0.29) is 17.7 Å². The lowest BCUT2D eigenvalue weighted by molar-refractivity contribution is -0.152. The van der Waals surface area contributed by atoms with Crippen LogP contribution in [-0.2, 0) is 19.2 Å². The van der Waals surface area contributed by atoms with Crippen molar-refractivity contribution in [2.24, 2.45) is 11.5 Å². The molecule has 2 aliphatic heterocycles. The second kappa shape index (κ2) is 13.0. The van der Waals surface area contributed by atoms with Gasteiger partial charge in [0.05, 0.1) is 6.04 Å². The van der Waals surface area contributed by atoms with Crippen molar-refractivity contribution in [1.82, 2.24) is 15.1 Å². The number of nitrogens with one attached hydrogen (secondary N) is 1. The summed E-state index contributed by atoms with van der Waals surface area (Å²) in [4.78, 5) is 53.5. The number of carboxylic acid groups (broad SMARTS) is 1. The number of rotatable bonds is 12. The van der Waals surface area contributed by atoms with E-state index in [1.165, 1.54) is 9.80 Å². The standard InChI is InChI=1S/C21H37N5O5S/c1-32-13-9-14(23)18(27)24-15(6-2-3-10-22)19(28)25-11-4-7-16(25)20(29)26-12-5-8-17(26)21(30)31/h14-17H,2-13,22-23H2,1H3,(H,24,27)(H,30,31). The van der Waals surface area contributed by atoms with Crippen molar-refractivity contribution < 1.29 is 24.3 Å². The lowest BCUT2D eigenvalue weighted by Crippen LogP contribution is -2.56. The zero-order valence-electron chi connectivity index (χ0n) is 18.8. The molecule has 2 saturated heterocycles. The molecule has 32 heavy (non-hydrogen) atoms. The van der Waals surface area contributed by atoms with Crippen molar-refractivity contribution in [2.75, 3.05) is 31.6 Å². The van der Waals surface area contributed by atoms with Gasteiger partial charge in [0.1, 0.15) is 18.1 Å². The topological polar surface area (TPSA) is 159 Å². The Balaban J connectivity index is 2.11. The fourth-order valence-electron chi connectivity index (χ4n) is 4.37. The van der Waals surface area contributed by atoms with E-state index in [4.69, 9.17) is 11.5 Å². The average molecular weight is 472 g/mol. The molecule has 2 rings (SSSR count).